The molecule has 2 aromatic carbocycles. The molecular weight excluding hydrogens is 246 g/mol. The molecule has 2 rings (SSSR count). The maximum atomic E-state index is 6.02. The predicted octanol–water partition coefficient (Wildman–Crippen LogP) is 4.08. The Morgan fingerprint density at radius 1 is 1.11 bits per heavy atom. The standard InChI is InChI=1S/C15H16ClNO/c1-10(11-3-6-13(18-2)7-4-11)14-9-12(16)5-8-15(14)17/h3-10H,17H2,1-2H3. The maximum Gasteiger partial charge on any atom is 0.118 e. The van der Waals surface area contributed by atoms with E-state index in [0.29, 0.717) is 5.02 Å². The van der Waals surface area contributed by atoms with Gasteiger partial charge in [0, 0.05) is 16.6 Å². The summed E-state index contributed by atoms with van der Waals surface area (Å²) in [5.74, 6) is 1.06. The van der Waals surface area contributed by atoms with Gasteiger partial charge in [-0.15, -0.1) is 0 Å². The summed E-state index contributed by atoms with van der Waals surface area (Å²) in [5.41, 5.74) is 9.00. The molecule has 1 unspecified atom stereocenters. The fourth-order valence-corrected chi connectivity index (χ4v) is 2.17. The van der Waals surface area contributed by atoms with Gasteiger partial charge in [0.25, 0.3) is 0 Å². The molecule has 0 spiro atoms. The fourth-order valence-electron chi connectivity index (χ4n) is 1.99. The molecule has 18 heavy (non-hydrogen) atoms. The van der Waals surface area contributed by atoms with Gasteiger partial charge in [-0.05, 0) is 41.5 Å². The van der Waals surface area contributed by atoms with Gasteiger partial charge in [0.15, 0.2) is 0 Å². The van der Waals surface area contributed by atoms with Crippen molar-refractivity contribution >= 4 is 17.3 Å². The van der Waals surface area contributed by atoms with Crippen LogP contribution in [0.2, 0.25) is 5.02 Å². The Morgan fingerprint density at radius 2 is 1.78 bits per heavy atom. The first kappa shape index (κ1) is 12.8. The van der Waals surface area contributed by atoms with Gasteiger partial charge in [-0.3, -0.25) is 0 Å². The lowest BCUT2D eigenvalue weighted by atomic mass is 9.92. The van der Waals surface area contributed by atoms with Gasteiger partial charge in [0.05, 0.1) is 7.11 Å². The van der Waals surface area contributed by atoms with Gasteiger partial charge >= 0.3 is 0 Å². The summed E-state index contributed by atoms with van der Waals surface area (Å²) in [7, 11) is 1.66. The molecule has 0 fully saturated rings. The van der Waals surface area contributed by atoms with Crippen LogP contribution < -0.4 is 10.5 Å². The van der Waals surface area contributed by atoms with Crippen molar-refractivity contribution in [1.29, 1.82) is 0 Å². The summed E-state index contributed by atoms with van der Waals surface area (Å²) in [5, 5.41) is 0.708. The van der Waals surface area contributed by atoms with Crippen LogP contribution in [0.1, 0.15) is 24.0 Å². The third kappa shape index (κ3) is 2.59. The van der Waals surface area contributed by atoms with Crippen LogP contribution in [-0.4, -0.2) is 7.11 Å². The van der Waals surface area contributed by atoms with E-state index in [2.05, 4.69) is 6.92 Å². The summed E-state index contributed by atoms with van der Waals surface area (Å²) >= 11 is 6.02. The Balaban J connectivity index is 2.34. The zero-order valence-electron chi connectivity index (χ0n) is 10.5. The molecule has 0 radical (unpaired) electrons. The van der Waals surface area contributed by atoms with Gasteiger partial charge in [-0.2, -0.15) is 0 Å². The van der Waals surface area contributed by atoms with E-state index < -0.39 is 0 Å². The number of hydrogen-bond acceptors (Lipinski definition) is 2. The molecule has 1 atom stereocenters. The second-order valence-electron chi connectivity index (χ2n) is 4.27. The molecule has 0 heterocycles. The average Bonchev–Trinajstić information content (AvgIpc) is 2.41. The smallest absolute Gasteiger partial charge is 0.118 e. The molecule has 2 aromatic rings. The zero-order chi connectivity index (χ0) is 13.1. The average molecular weight is 262 g/mol. The first-order valence-corrected chi connectivity index (χ1v) is 6.18. The van der Waals surface area contributed by atoms with Crippen molar-refractivity contribution in [3.05, 3.63) is 58.6 Å². The fraction of sp³-hybridized carbons (Fsp3) is 0.200. The van der Waals surface area contributed by atoms with Crippen molar-refractivity contribution < 1.29 is 4.74 Å². The van der Waals surface area contributed by atoms with Crippen molar-refractivity contribution in [3.63, 3.8) is 0 Å². The molecule has 0 amide bonds. The summed E-state index contributed by atoms with van der Waals surface area (Å²) in [6, 6.07) is 13.6. The molecule has 2 N–H and O–H groups in total. The van der Waals surface area contributed by atoms with Gasteiger partial charge in [-0.1, -0.05) is 30.7 Å². The second kappa shape index (κ2) is 5.32. The number of nitrogens with two attached hydrogens (primary N) is 1. The summed E-state index contributed by atoms with van der Waals surface area (Å²) in [4.78, 5) is 0. The van der Waals surface area contributed by atoms with E-state index in [9.17, 15) is 0 Å². The highest BCUT2D eigenvalue weighted by molar-refractivity contribution is 6.30. The summed E-state index contributed by atoms with van der Waals surface area (Å²) in [6.07, 6.45) is 0. The third-order valence-electron chi connectivity index (χ3n) is 3.13. The Kier molecular flexibility index (Phi) is 3.78. The van der Waals surface area contributed by atoms with Crippen LogP contribution in [-0.2, 0) is 0 Å². The third-order valence-corrected chi connectivity index (χ3v) is 3.37. The highest BCUT2D eigenvalue weighted by Crippen LogP contribution is 2.31. The van der Waals surface area contributed by atoms with E-state index in [1.807, 2.05) is 36.4 Å². The highest BCUT2D eigenvalue weighted by Gasteiger charge is 2.12. The first-order chi connectivity index (χ1) is 8.61. The van der Waals surface area contributed by atoms with Gasteiger partial charge < -0.3 is 10.5 Å². The van der Waals surface area contributed by atoms with E-state index in [-0.39, 0.29) is 5.92 Å². The lowest BCUT2D eigenvalue weighted by Crippen LogP contribution is -2.01. The Bertz CT molecular complexity index is 537. The number of nitrogen functional groups attached to an aromatic ring is 1. The minimum atomic E-state index is 0.203. The predicted molar refractivity (Wildman–Crippen MR) is 76.4 cm³/mol. The largest absolute Gasteiger partial charge is 0.497 e. The molecular formula is C15H16ClNO. The van der Waals surface area contributed by atoms with E-state index >= 15 is 0 Å². The van der Waals surface area contributed by atoms with Crippen LogP contribution in [0.3, 0.4) is 0 Å². The van der Waals surface area contributed by atoms with E-state index in [1.165, 1.54) is 5.56 Å². The molecule has 0 bridgehead atoms. The molecule has 0 aliphatic carbocycles. The summed E-state index contributed by atoms with van der Waals surface area (Å²) in [6.45, 7) is 2.11. The zero-order valence-corrected chi connectivity index (χ0v) is 11.2. The van der Waals surface area contributed by atoms with Crippen LogP contribution in [0.4, 0.5) is 5.69 Å². The van der Waals surface area contributed by atoms with Crippen molar-refractivity contribution in [2.45, 2.75) is 12.8 Å². The van der Waals surface area contributed by atoms with Crippen LogP contribution in [0.15, 0.2) is 42.5 Å². The maximum absolute atomic E-state index is 6.02. The van der Waals surface area contributed by atoms with Crippen LogP contribution in [0.25, 0.3) is 0 Å². The van der Waals surface area contributed by atoms with Crippen LogP contribution in [0.5, 0.6) is 5.75 Å². The minimum absolute atomic E-state index is 0.203. The first-order valence-electron chi connectivity index (χ1n) is 5.80. The molecule has 0 saturated heterocycles. The van der Waals surface area contributed by atoms with Crippen LogP contribution >= 0.6 is 11.6 Å². The van der Waals surface area contributed by atoms with Gasteiger partial charge in [-0.25, -0.2) is 0 Å². The summed E-state index contributed by atoms with van der Waals surface area (Å²) < 4.78 is 5.15. The number of methoxy groups -OCH3 is 1. The number of rotatable bonds is 3. The second-order valence-corrected chi connectivity index (χ2v) is 4.70. The Morgan fingerprint density at radius 3 is 2.39 bits per heavy atom. The number of benzene rings is 2. The lowest BCUT2D eigenvalue weighted by Gasteiger charge is -2.15. The quantitative estimate of drug-likeness (QED) is 0.845. The number of anilines is 1. The number of ether oxygens (including phenoxy) is 1. The van der Waals surface area contributed by atoms with Gasteiger partial charge in [0.2, 0.25) is 0 Å². The van der Waals surface area contributed by atoms with E-state index in [1.54, 1.807) is 13.2 Å². The number of hydrogen-bond donors (Lipinski definition) is 1. The topological polar surface area (TPSA) is 35.2 Å². The normalized spacial score (nSPS) is 12.2. The molecule has 0 aromatic heterocycles. The van der Waals surface area contributed by atoms with Crippen molar-refractivity contribution in [2.75, 3.05) is 12.8 Å². The Hall–Kier alpha value is -1.67. The SMILES string of the molecule is COc1ccc(C(C)c2cc(Cl)ccc2N)cc1. The Labute approximate surface area is 112 Å². The molecule has 3 heteroatoms. The molecule has 0 aliphatic rings. The molecule has 0 saturated carbocycles. The van der Waals surface area contributed by atoms with E-state index in [4.69, 9.17) is 22.1 Å². The molecule has 0 aliphatic heterocycles. The van der Waals surface area contributed by atoms with Gasteiger partial charge in [0.1, 0.15) is 5.75 Å². The van der Waals surface area contributed by atoms with Crippen molar-refractivity contribution in [1.82, 2.24) is 0 Å². The number of halogens is 1. The minimum Gasteiger partial charge on any atom is -0.497 e. The van der Waals surface area contributed by atoms with E-state index in [0.717, 1.165) is 17.0 Å². The molecule has 2 nitrogen and oxygen atoms in total. The highest BCUT2D eigenvalue weighted by atomic mass is 35.5. The van der Waals surface area contributed by atoms with Crippen molar-refractivity contribution in [2.24, 2.45) is 0 Å². The monoisotopic (exact) mass is 261 g/mol. The van der Waals surface area contributed by atoms with Crippen molar-refractivity contribution in [3.8, 4) is 5.75 Å². The molecule has 94 valence electrons. The lowest BCUT2D eigenvalue weighted by molar-refractivity contribution is 0.414. The van der Waals surface area contributed by atoms with Crippen LogP contribution in [0, 0.1) is 0 Å².